The largest absolute Gasteiger partial charge is 0.481 e. The quantitative estimate of drug-likeness (QED) is 0.809. The zero-order valence-corrected chi connectivity index (χ0v) is 14.8. The summed E-state index contributed by atoms with van der Waals surface area (Å²) in [7, 11) is 0. The summed E-state index contributed by atoms with van der Waals surface area (Å²) >= 11 is 0. The number of ether oxygens (including phenoxy) is 1. The van der Waals surface area contributed by atoms with Crippen LogP contribution in [0.1, 0.15) is 37.6 Å². The average Bonchev–Trinajstić information content (AvgIpc) is 2.62. The van der Waals surface area contributed by atoms with Crippen LogP contribution >= 0.6 is 0 Å². The smallest absolute Gasteiger partial charge is 0.265 e. The van der Waals surface area contributed by atoms with Crippen LogP contribution in [0.15, 0.2) is 54.6 Å². The van der Waals surface area contributed by atoms with Gasteiger partial charge in [-0.1, -0.05) is 37.3 Å². The van der Waals surface area contributed by atoms with Gasteiger partial charge in [0.2, 0.25) is 0 Å². The van der Waals surface area contributed by atoms with Crippen molar-refractivity contribution in [1.82, 2.24) is 5.32 Å². The molecule has 0 aromatic heterocycles. The molecular formula is C20H24N2O3. The van der Waals surface area contributed by atoms with Crippen LogP contribution in [0, 0.1) is 0 Å². The summed E-state index contributed by atoms with van der Waals surface area (Å²) in [5.41, 5.74) is 0.903. The van der Waals surface area contributed by atoms with Crippen LogP contribution < -0.4 is 15.4 Å². The highest BCUT2D eigenvalue weighted by Crippen LogP contribution is 2.17. The van der Waals surface area contributed by atoms with E-state index in [-0.39, 0.29) is 17.9 Å². The van der Waals surface area contributed by atoms with E-state index in [1.165, 1.54) is 0 Å². The highest BCUT2D eigenvalue weighted by Gasteiger charge is 2.19. The minimum Gasteiger partial charge on any atom is -0.481 e. The van der Waals surface area contributed by atoms with Crippen molar-refractivity contribution in [2.75, 3.05) is 5.32 Å². The zero-order valence-electron chi connectivity index (χ0n) is 14.8. The maximum absolute atomic E-state index is 12.4. The van der Waals surface area contributed by atoms with Crippen LogP contribution in [0.2, 0.25) is 0 Å². The van der Waals surface area contributed by atoms with E-state index in [0.29, 0.717) is 17.0 Å². The zero-order chi connectivity index (χ0) is 18.2. The van der Waals surface area contributed by atoms with Crippen molar-refractivity contribution in [3.8, 4) is 5.75 Å². The molecule has 0 saturated heterocycles. The molecule has 25 heavy (non-hydrogen) atoms. The third-order valence-electron chi connectivity index (χ3n) is 3.84. The van der Waals surface area contributed by atoms with Gasteiger partial charge in [-0.05, 0) is 44.5 Å². The number of amides is 2. The Kier molecular flexibility index (Phi) is 6.57. The number of hydrogen-bond donors (Lipinski definition) is 2. The molecule has 5 heteroatoms. The van der Waals surface area contributed by atoms with Crippen LogP contribution in [-0.2, 0) is 4.79 Å². The van der Waals surface area contributed by atoms with E-state index in [9.17, 15) is 9.59 Å². The molecule has 2 N–H and O–H groups in total. The molecule has 2 rings (SSSR count). The van der Waals surface area contributed by atoms with Crippen molar-refractivity contribution >= 4 is 17.5 Å². The molecule has 2 aromatic carbocycles. The van der Waals surface area contributed by atoms with Gasteiger partial charge in [0, 0.05) is 6.04 Å². The summed E-state index contributed by atoms with van der Waals surface area (Å²) in [6.45, 7) is 5.61. The van der Waals surface area contributed by atoms with Gasteiger partial charge in [-0.15, -0.1) is 0 Å². The fourth-order valence-corrected chi connectivity index (χ4v) is 2.18. The van der Waals surface area contributed by atoms with Gasteiger partial charge < -0.3 is 15.4 Å². The molecule has 0 saturated carbocycles. The Balaban J connectivity index is 2.06. The van der Waals surface area contributed by atoms with Crippen molar-refractivity contribution < 1.29 is 14.3 Å². The Morgan fingerprint density at radius 1 is 1.00 bits per heavy atom. The van der Waals surface area contributed by atoms with Gasteiger partial charge in [0.05, 0.1) is 11.3 Å². The van der Waals surface area contributed by atoms with Crippen LogP contribution in [0.25, 0.3) is 0 Å². The SMILES string of the molecule is CCC(C)NC(=O)c1ccccc1NC(=O)C(C)Oc1ccccc1. The Morgan fingerprint density at radius 3 is 2.32 bits per heavy atom. The summed E-state index contributed by atoms with van der Waals surface area (Å²) < 4.78 is 5.62. The number of carbonyl (C=O) groups excluding carboxylic acids is 2. The summed E-state index contributed by atoms with van der Waals surface area (Å²) in [4.78, 5) is 24.8. The fourth-order valence-electron chi connectivity index (χ4n) is 2.18. The second-order valence-corrected chi connectivity index (χ2v) is 5.89. The second kappa shape index (κ2) is 8.87. The minimum absolute atomic E-state index is 0.0663. The molecule has 0 aliphatic heterocycles. The first-order chi connectivity index (χ1) is 12.0. The van der Waals surface area contributed by atoms with Crippen molar-refractivity contribution in [2.24, 2.45) is 0 Å². The van der Waals surface area contributed by atoms with Gasteiger partial charge in [-0.25, -0.2) is 0 Å². The Hall–Kier alpha value is -2.82. The van der Waals surface area contributed by atoms with Crippen molar-refractivity contribution in [3.63, 3.8) is 0 Å². The maximum Gasteiger partial charge on any atom is 0.265 e. The van der Waals surface area contributed by atoms with Gasteiger partial charge >= 0.3 is 0 Å². The second-order valence-electron chi connectivity index (χ2n) is 5.89. The van der Waals surface area contributed by atoms with Gasteiger partial charge in [0.25, 0.3) is 11.8 Å². The topological polar surface area (TPSA) is 67.4 Å². The van der Waals surface area contributed by atoms with Crippen LogP contribution in [0.5, 0.6) is 5.75 Å². The molecule has 0 bridgehead atoms. The summed E-state index contributed by atoms with van der Waals surface area (Å²) in [6.07, 6.45) is 0.149. The highest BCUT2D eigenvalue weighted by atomic mass is 16.5. The lowest BCUT2D eigenvalue weighted by Crippen LogP contribution is -2.34. The van der Waals surface area contributed by atoms with Gasteiger partial charge in [-0.3, -0.25) is 9.59 Å². The highest BCUT2D eigenvalue weighted by molar-refractivity contribution is 6.04. The minimum atomic E-state index is -0.687. The predicted molar refractivity (Wildman–Crippen MR) is 98.8 cm³/mol. The standard InChI is InChI=1S/C20H24N2O3/c1-4-14(2)21-20(24)17-12-8-9-13-18(17)22-19(23)15(3)25-16-10-6-5-7-11-16/h5-15H,4H2,1-3H3,(H,21,24)(H,22,23). The number of hydrogen-bond acceptors (Lipinski definition) is 3. The summed E-state index contributed by atoms with van der Waals surface area (Å²) in [5, 5.41) is 5.69. The molecule has 2 unspecified atom stereocenters. The monoisotopic (exact) mass is 340 g/mol. The molecule has 5 nitrogen and oxygen atoms in total. The fraction of sp³-hybridized carbons (Fsp3) is 0.300. The molecule has 0 spiro atoms. The molecule has 0 aliphatic carbocycles. The predicted octanol–water partition coefficient (Wildman–Crippen LogP) is 3.62. The van der Waals surface area contributed by atoms with E-state index < -0.39 is 6.10 Å². The average molecular weight is 340 g/mol. The molecule has 0 aliphatic rings. The van der Waals surface area contributed by atoms with Crippen LogP contribution in [-0.4, -0.2) is 24.0 Å². The first kappa shape index (κ1) is 18.5. The number of carbonyl (C=O) groups is 2. The number of para-hydroxylation sites is 2. The van der Waals surface area contributed by atoms with Gasteiger partial charge in [0.15, 0.2) is 6.10 Å². The van der Waals surface area contributed by atoms with Gasteiger partial charge in [-0.2, -0.15) is 0 Å². The number of benzene rings is 2. The maximum atomic E-state index is 12.4. The van der Waals surface area contributed by atoms with E-state index in [2.05, 4.69) is 10.6 Å². The van der Waals surface area contributed by atoms with E-state index in [1.807, 2.05) is 32.0 Å². The van der Waals surface area contributed by atoms with E-state index in [1.54, 1.807) is 43.3 Å². The van der Waals surface area contributed by atoms with Crippen LogP contribution in [0.4, 0.5) is 5.69 Å². The lowest BCUT2D eigenvalue weighted by Gasteiger charge is -2.17. The summed E-state index contributed by atoms with van der Waals surface area (Å²) in [5.74, 6) is 0.0995. The first-order valence-corrected chi connectivity index (χ1v) is 8.43. The van der Waals surface area contributed by atoms with E-state index >= 15 is 0 Å². The normalized spacial score (nSPS) is 12.8. The van der Waals surface area contributed by atoms with Crippen molar-refractivity contribution in [3.05, 3.63) is 60.2 Å². The van der Waals surface area contributed by atoms with Gasteiger partial charge in [0.1, 0.15) is 5.75 Å². The number of anilines is 1. The molecule has 2 atom stereocenters. The molecular weight excluding hydrogens is 316 g/mol. The third kappa shape index (κ3) is 5.35. The lowest BCUT2D eigenvalue weighted by atomic mass is 10.1. The molecule has 0 heterocycles. The number of nitrogens with one attached hydrogen (secondary N) is 2. The molecule has 132 valence electrons. The number of rotatable bonds is 7. The molecule has 2 amide bonds. The van der Waals surface area contributed by atoms with E-state index in [4.69, 9.17) is 4.74 Å². The lowest BCUT2D eigenvalue weighted by molar-refractivity contribution is -0.122. The van der Waals surface area contributed by atoms with Crippen LogP contribution in [0.3, 0.4) is 0 Å². The van der Waals surface area contributed by atoms with Crippen molar-refractivity contribution in [2.45, 2.75) is 39.3 Å². The third-order valence-corrected chi connectivity index (χ3v) is 3.84. The molecule has 2 aromatic rings. The Bertz CT molecular complexity index is 716. The van der Waals surface area contributed by atoms with E-state index in [0.717, 1.165) is 6.42 Å². The molecule has 0 radical (unpaired) electrons. The Labute approximate surface area is 148 Å². The Morgan fingerprint density at radius 2 is 1.64 bits per heavy atom. The summed E-state index contributed by atoms with van der Waals surface area (Å²) in [6, 6.07) is 16.1. The molecule has 0 fully saturated rings. The first-order valence-electron chi connectivity index (χ1n) is 8.43. The van der Waals surface area contributed by atoms with Crippen molar-refractivity contribution in [1.29, 1.82) is 0 Å².